The zero-order chi connectivity index (χ0) is 13.5. The molecular formula is C15H22BrNO. The molecule has 3 heteroatoms. The molecule has 0 aliphatic heterocycles. The molecule has 0 saturated carbocycles. The van der Waals surface area contributed by atoms with Crippen LogP contribution in [0.25, 0.3) is 0 Å². The molecule has 0 unspecified atom stereocenters. The van der Waals surface area contributed by atoms with Crippen molar-refractivity contribution in [3.8, 4) is 5.75 Å². The molecule has 0 spiro atoms. The fourth-order valence-corrected chi connectivity index (χ4v) is 2.29. The van der Waals surface area contributed by atoms with Crippen LogP contribution in [-0.4, -0.2) is 13.2 Å². The van der Waals surface area contributed by atoms with Gasteiger partial charge in [0.05, 0.1) is 0 Å². The summed E-state index contributed by atoms with van der Waals surface area (Å²) in [5.74, 6) is 0.980. The molecule has 1 N–H and O–H groups in total. The number of ether oxygens (including phenoxy) is 1. The highest BCUT2D eigenvalue weighted by Gasteiger charge is 2.09. The first-order chi connectivity index (χ1) is 8.58. The number of hydrogen-bond donors (Lipinski definition) is 1. The van der Waals surface area contributed by atoms with E-state index in [2.05, 4.69) is 60.7 Å². The van der Waals surface area contributed by atoms with E-state index in [-0.39, 0.29) is 0 Å². The summed E-state index contributed by atoms with van der Waals surface area (Å²) < 4.78 is 7.00. The van der Waals surface area contributed by atoms with Gasteiger partial charge in [0.15, 0.2) is 0 Å². The summed E-state index contributed by atoms with van der Waals surface area (Å²) >= 11 is 3.53. The lowest BCUT2D eigenvalue weighted by Gasteiger charge is -2.16. The van der Waals surface area contributed by atoms with Gasteiger partial charge in [0.25, 0.3) is 0 Å². The van der Waals surface area contributed by atoms with Gasteiger partial charge in [-0.1, -0.05) is 36.4 Å². The zero-order valence-electron chi connectivity index (χ0n) is 11.5. The normalized spacial score (nSPS) is 10.4. The number of nitrogens with one attached hydrogen (secondary N) is 1. The third-order valence-corrected chi connectivity index (χ3v) is 3.26. The highest BCUT2D eigenvalue weighted by Crippen LogP contribution is 2.28. The molecule has 1 aromatic rings. The van der Waals surface area contributed by atoms with Crippen molar-refractivity contribution in [1.29, 1.82) is 0 Å². The van der Waals surface area contributed by atoms with Crippen LogP contribution in [0, 0.1) is 6.92 Å². The minimum atomic E-state index is 0.595. The van der Waals surface area contributed by atoms with Gasteiger partial charge in [-0.25, -0.2) is 0 Å². The molecule has 0 amide bonds. The van der Waals surface area contributed by atoms with E-state index in [4.69, 9.17) is 4.74 Å². The molecule has 0 aliphatic rings. The predicted molar refractivity (Wildman–Crippen MR) is 81.2 cm³/mol. The molecule has 0 aromatic heterocycles. The molecule has 1 aromatic carbocycles. The van der Waals surface area contributed by atoms with Crippen molar-refractivity contribution in [2.45, 2.75) is 33.7 Å². The molecule has 0 saturated heterocycles. The Morgan fingerprint density at radius 3 is 2.72 bits per heavy atom. The van der Waals surface area contributed by atoms with Gasteiger partial charge in [0.2, 0.25) is 0 Å². The smallest absolute Gasteiger partial charge is 0.127 e. The Morgan fingerprint density at radius 2 is 2.11 bits per heavy atom. The number of benzene rings is 1. The second-order valence-corrected chi connectivity index (χ2v) is 5.30. The number of hydrogen-bond acceptors (Lipinski definition) is 2. The van der Waals surface area contributed by atoms with E-state index in [1.165, 1.54) is 5.56 Å². The molecule has 0 atom stereocenters. The Labute approximate surface area is 119 Å². The molecule has 18 heavy (non-hydrogen) atoms. The molecule has 0 bridgehead atoms. The van der Waals surface area contributed by atoms with E-state index in [0.29, 0.717) is 6.61 Å². The maximum Gasteiger partial charge on any atom is 0.127 e. The molecule has 0 aliphatic carbocycles. The molecule has 0 heterocycles. The second kappa shape index (κ2) is 7.59. The Bertz CT molecular complexity index is 415. The molecule has 100 valence electrons. The van der Waals surface area contributed by atoms with Crippen LogP contribution >= 0.6 is 15.9 Å². The SMILES string of the molecule is C=C(CC)COc1c(C)cc(Br)cc1CNCC. The van der Waals surface area contributed by atoms with Crippen LogP contribution in [-0.2, 0) is 6.54 Å². The Balaban J connectivity index is 2.88. The first-order valence-corrected chi connectivity index (χ1v) is 7.17. The van der Waals surface area contributed by atoms with Crippen molar-refractivity contribution in [2.24, 2.45) is 0 Å². The summed E-state index contributed by atoms with van der Waals surface area (Å²) in [5.41, 5.74) is 3.46. The van der Waals surface area contributed by atoms with Crippen molar-refractivity contribution < 1.29 is 4.74 Å². The van der Waals surface area contributed by atoms with Crippen molar-refractivity contribution >= 4 is 15.9 Å². The minimum Gasteiger partial charge on any atom is -0.489 e. The maximum absolute atomic E-state index is 5.91. The third-order valence-electron chi connectivity index (χ3n) is 2.80. The fourth-order valence-electron chi connectivity index (χ4n) is 1.67. The van der Waals surface area contributed by atoms with Crippen molar-refractivity contribution in [2.75, 3.05) is 13.2 Å². The zero-order valence-corrected chi connectivity index (χ0v) is 13.1. The van der Waals surface area contributed by atoms with Crippen LogP contribution in [0.2, 0.25) is 0 Å². The number of halogens is 1. The van der Waals surface area contributed by atoms with Gasteiger partial charge in [-0.2, -0.15) is 0 Å². The van der Waals surface area contributed by atoms with Crippen LogP contribution in [0.3, 0.4) is 0 Å². The average molecular weight is 312 g/mol. The minimum absolute atomic E-state index is 0.595. The Kier molecular flexibility index (Phi) is 6.44. The third kappa shape index (κ3) is 4.46. The largest absolute Gasteiger partial charge is 0.489 e. The van der Waals surface area contributed by atoms with Crippen molar-refractivity contribution in [3.63, 3.8) is 0 Å². The number of aryl methyl sites for hydroxylation is 1. The van der Waals surface area contributed by atoms with Gasteiger partial charge in [-0.3, -0.25) is 0 Å². The van der Waals surface area contributed by atoms with E-state index in [0.717, 1.165) is 40.9 Å². The molecule has 0 fully saturated rings. The van der Waals surface area contributed by atoms with Gasteiger partial charge >= 0.3 is 0 Å². The van der Waals surface area contributed by atoms with Gasteiger partial charge < -0.3 is 10.1 Å². The summed E-state index contributed by atoms with van der Waals surface area (Å²) in [6.45, 7) is 12.6. The number of rotatable bonds is 7. The summed E-state index contributed by atoms with van der Waals surface area (Å²) in [6, 6.07) is 4.19. The quantitative estimate of drug-likeness (QED) is 0.762. The lowest BCUT2D eigenvalue weighted by atomic mass is 10.1. The summed E-state index contributed by atoms with van der Waals surface area (Å²) in [6.07, 6.45) is 0.956. The average Bonchev–Trinajstić information content (AvgIpc) is 2.34. The Morgan fingerprint density at radius 1 is 1.39 bits per heavy atom. The lowest BCUT2D eigenvalue weighted by Crippen LogP contribution is -2.14. The topological polar surface area (TPSA) is 21.3 Å². The maximum atomic E-state index is 5.91. The first kappa shape index (κ1) is 15.3. The van der Waals surface area contributed by atoms with Gasteiger partial charge in [0.1, 0.15) is 12.4 Å². The standard InChI is InChI=1S/C15H22BrNO/c1-5-11(3)10-18-15-12(4)7-14(16)8-13(15)9-17-6-2/h7-8,17H,3,5-6,9-10H2,1-2,4H3. The predicted octanol–water partition coefficient (Wildman–Crippen LogP) is 4.21. The molecule has 1 rings (SSSR count). The van der Waals surface area contributed by atoms with Gasteiger partial charge in [0, 0.05) is 16.6 Å². The lowest BCUT2D eigenvalue weighted by molar-refractivity contribution is 0.342. The summed E-state index contributed by atoms with van der Waals surface area (Å²) in [5, 5.41) is 3.34. The van der Waals surface area contributed by atoms with Gasteiger partial charge in [-0.05, 0) is 43.2 Å². The van der Waals surface area contributed by atoms with E-state index in [1.807, 2.05) is 0 Å². The molecule has 0 radical (unpaired) electrons. The first-order valence-electron chi connectivity index (χ1n) is 6.37. The summed E-state index contributed by atoms with van der Waals surface area (Å²) in [4.78, 5) is 0. The van der Waals surface area contributed by atoms with Crippen molar-refractivity contribution in [1.82, 2.24) is 5.32 Å². The van der Waals surface area contributed by atoms with Gasteiger partial charge in [-0.15, -0.1) is 0 Å². The fraction of sp³-hybridized carbons (Fsp3) is 0.467. The van der Waals surface area contributed by atoms with E-state index >= 15 is 0 Å². The molecule has 2 nitrogen and oxygen atoms in total. The highest BCUT2D eigenvalue weighted by atomic mass is 79.9. The van der Waals surface area contributed by atoms with Crippen LogP contribution in [0.5, 0.6) is 5.75 Å². The van der Waals surface area contributed by atoms with E-state index < -0.39 is 0 Å². The van der Waals surface area contributed by atoms with Crippen molar-refractivity contribution in [3.05, 3.63) is 39.9 Å². The molecular weight excluding hydrogens is 290 g/mol. The van der Waals surface area contributed by atoms with Crippen LogP contribution < -0.4 is 10.1 Å². The Hall–Kier alpha value is -0.800. The second-order valence-electron chi connectivity index (χ2n) is 4.38. The monoisotopic (exact) mass is 311 g/mol. The van der Waals surface area contributed by atoms with E-state index in [9.17, 15) is 0 Å². The van der Waals surface area contributed by atoms with E-state index in [1.54, 1.807) is 0 Å². The van der Waals surface area contributed by atoms with Crippen LogP contribution in [0.15, 0.2) is 28.8 Å². The highest BCUT2D eigenvalue weighted by molar-refractivity contribution is 9.10. The van der Waals surface area contributed by atoms with Crippen LogP contribution in [0.4, 0.5) is 0 Å². The van der Waals surface area contributed by atoms with Crippen LogP contribution in [0.1, 0.15) is 31.4 Å². The summed E-state index contributed by atoms with van der Waals surface area (Å²) in [7, 11) is 0.